The van der Waals surface area contributed by atoms with E-state index in [0.29, 0.717) is 11.4 Å². The first-order valence-corrected chi connectivity index (χ1v) is 6.14. The Hall–Kier alpha value is -1.51. The Bertz CT molecular complexity index is 508. The predicted molar refractivity (Wildman–Crippen MR) is 73.1 cm³/mol. The summed E-state index contributed by atoms with van der Waals surface area (Å²) >= 11 is 6.07. The van der Waals surface area contributed by atoms with E-state index in [1.807, 2.05) is 48.5 Å². The Balaban J connectivity index is 2.11. The molecule has 2 aromatic rings. The number of rotatable bonds is 4. The third-order valence-corrected chi connectivity index (χ3v) is 3.24. The molecule has 18 heavy (non-hydrogen) atoms. The lowest BCUT2D eigenvalue weighted by Crippen LogP contribution is -2.02. The highest BCUT2D eigenvalue weighted by atomic mass is 35.5. The Labute approximate surface area is 112 Å². The molecule has 94 valence electrons. The first-order valence-electron chi connectivity index (χ1n) is 5.76. The monoisotopic (exact) mass is 262 g/mol. The van der Waals surface area contributed by atoms with Gasteiger partial charge in [-0.05, 0) is 29.3 Å². The third kappa shape index (κ3) is 3.03. The van der Waals surface area contributed by atoms with Gasteiger partial charge >= 0.3 is 0 Å². The van der Waals surface area contributed by atoms with Gasteiger partial charge in [-0.3, -0.25) is 0 Å². The molecule has 1 atom stereocenters. The van der Waals surface area contributed by atoms with Crippen LogP contribution in [0.25, 0.3) is 0 Å². The van der Waals surface area contributed by atoms with Crippen LogP contribution in [0.3, 0.4) is 0 Å². The maximum atomic E-state index is 10.2. The van der Waals surface area contributed by atoms with Crippen LogP contribution in [0.2, 0.25) is 5.02 Å². The minimum absolute atomic E-state index is 0.506. The van der Waals surface area contributed by atoms with Crippen LogP contribution in [-0.2, 0) is 6.42 Å². The Morgan fingerprint density at radius 1 is 1.11 bits per heavy atom. The average molecular weight is 263 g/mol. The van der Waals surface area contributed by atoms with Crippen LogP contribution in [0.15, 0.2) is 48.5 Å². The zero-order valence-electron chi connectivity index (χ0n) is 10.1. The maximum Gasteiger partial charge on any atom is 0.118 e. The number of benzene rings is 2. The van der Waals surface area contributed by atoms with Crippen molar-refractivity contribution in [3.8, 4) is 5.75 Å². The first-order chi connectivity index (χ1) is 8.70. The molecule has 1 unspecified atom stereocenters. The topological polar surface area (TPSA) is 29.5 Å². The molecule has 2 aromatic carbocycles. The summed E-state index contributed by atoms with van der Waals surface area (Å²) in [5, 5.41) is 10.8. The fourth-order valence-corrected chi connectivity index (χ4v) is 2.03. The average Bonchev–Trinajstić information content (AvgIpc) is 2.41. The van der Waals surface area contributed by atoms with Crippen molar-refractivity contribution in [1.82, 2.24) is 0 Å². The second-order valence-electron chi connectivity index (χ2n) is 4.08. The molecule has 0 aromatic heterocycles. The Morgan fingerprint density at radius 3 is 2.39 bits per heavy atom. The van der Waals surface area contributed by atoms with E-state index in [9.17, 15) is 5.11 Å². The van der Waals surface area contributed by atoms with Crippen LogP contribution in [0.4, 0.5) is 0 Å². The molecule has 0 saturated heterocycles. The molecule has 0 amide bonds. The van der Waals surface area contributed by atoms with Crippen molar-refractivity contribution >= 4 is 11.6 Å². The van der Waals surface area contributed by atoms with Crippen molar-refractivity contribution in [3.63, 3.8) is 0 Å². The first kappa shape index (κ1) is 12.9. The molecule has 1 N–H and O–H groups in total. The normalized spacial score (nSPS) is 12.2. The summed E-state index contributed by atoms with van der Waals surface area (Å²) in [4.78, 5) is 0. The van der Waals surface area contributed by atoms with Gasteiger partial charge in [0.1, 0.15) is 5.75 Å². The Kier molecular flexibility index (Phi) is 4.24. The molecule has 0 bridgehead atoms. The zero-order chi connectivity index (χ0) is 13.0. The van der Waals surface area contributed by atoms with Crippen LogP contribution >= 0.6 is 11.6 Å². The van der Waals surface area contributed by atoms with E-state index in [0.717, 1.165) is 16.9 Å². The van der Waals surface area contributed by atoms with Crippen LogP contribution in [-0.4, -0.2) is 12.2 Å². The molecule has 0 fully saturated rings. The van der Waals surface area contributed by atoms with Gasteiger partial charge in [-0.25, -0.2) is 0 Å². The molecule has 3 heteroatoms. The summed E-state index contributed by atoms with van der Waals surface area (Å²) in [6.07, 6.45) is -0.0535. The summed E-state index contributed by atoms with van der Waals surface area (Å²) in [6, 6.07) is 15.0. The van der Waals surface area contributed by atoms with Gasteiger partial charge in [0.05, 0.1) is 13.2 Å². The smallest absolute Gasteiger partial charge is 0.118 e. The number of ether oxygens (including phenoxy) is 1. The number of aliphatic hydroxyl groups is 1. The minimum atomic E-state index is -0.559. The number of halogens is 1. The highest BCUT2D eigenvalue weighted by Crippen LogP contribution is 2.24. The van der Waals surface area contributed by atoms with Gasteiger partial charge < -0.3 is 9.84 Å². The molecule has 0 radical (unpaired) electrons. The molecule has 2 rings (SSSR count). The number of methoxy groups -OCH3 is 1. The largest absolute Gasteiger partial charge is 0.497 e. The summed E-state index contributed by atoms with van der Waals surface area (Å²) in [7, 11) is 1.62. The van der Waals surface area contributed by atoms with Crippen molar-refractivity contribution < 1.29 is 9.84 Å². The summed E-state index contributed by atoms with van der Waals surface area (Å²) in [5.41, 5.74) is 1.80. The van der Waals surface area contributed by atoms with E-state index in [1.54, 1.807) is 7.11 Å². The van der Waals surface area contributed by atoms with Crippen molar-refractivity contribution in [2.75, 3.05) is 7.11 Å². The standard InChI is InChI=1S/C15H15ClO2/c1-18-13-8-6-11(7-9-13)15(17)10-12-4-2-3-5-14(12)16/h2-9,15,17H,10H2,1H3. The minimum Gasteiger partial charge on any atom is -0.497 e. The van der Waals surface area contributed by atoms with Crippen LogP contribution in [0.1, 0.15) is 17.2 Å². The zero-order valence-corrected chi connectivity index (χ0v) is 10.9. The van der Waals surface area contributed by atoms with Gasteiger partial charge in [0.25, 0.3) is 0 Å². The fraction of sp³-hybridized carbons (Fsp3) is 0.200. The quantitative estimate of drug-likeness (QED) is 0.912. The van der Waals surface area contributed by atoms with Gasteiger partial charge in [-0.1, -0.05) is 41.9 Å². The summed E-state index contributed by atoms with van der Waals surface area (Å²) < 4.78 is 5.08. The highest BCUT2D eigenvalue weighted by Gasteiger charge is 2.10. The predicted octanol–water partition coefficient (Wildman–Crippen LogP) is 3.62. The van der Waals surface area contributed by atoms with E-state index in [2.05, 4.69) is 0 Å². The van der Waals surface area contributed by atoms with E-state index in [-0.39, 0.29) is 0 Å². The SMILES string of the molecule is COc1ccc(C(O)Cc2ccccc2Cl)cc1. The molecule has 0 saturated carbocycles. The van der Waals surface area contributed by atoms with E-state index in [4.69, 9.17) is 16.3 Å². The van der Waals surface area contributed by atoms with E-state index < -0.39 is 6.10 Å². The fourth-order valence-electron chi connectivity index (χ4n) is 1.82. The maximum absolute atomic E-state index is 10.2. The van der Waals surface area contributed by atoms with Crippen LogP contribution in [0.5, 0.6) is 5.75 Å². The van der Waals surface area contributed by atoms with Crippen LogP contribution < -0.4 is 4.74 Å². The molecule has 0 spiro atoms. The summed E-state index contributed by atoms with van der Waals surface area (Å²) in [5.74, 6) is 0.781. The molecule has 0 heterocycles. The molecule has 0 aliphatic rings. The van der Waals surface area contributed by atoms with Gasteiger partial charge in [-0.2, -0.15) is 0 Å². The van der Waals surface area contributed by atoms with Crippen LogP contribution in [0, 0.1) is 0 Å². The third-order valence-electron chi connectivity index (χ3n) is 2.87. The second kappa shape index (κ2) is 5.89. The van der Waals surface area contributed by atoms with Gasteiger partial charge in [0.2, 0.25) is 0 Å². The molecular formula is C15H15ClO2. The van der Waals surface area contributed by atoms with E-state index >= 15 is 0 Å². The lowest BCUT2D eigenvalue weighted by Gasteiger charge is -2.12. The number of hydrogen-bond acceptors (Lipinski definition) is 2. The second-order valence-corrected chi connectivity index (χ2v) is 4.49. The van der Waals surface area contributed by atoms with Crippen molar-refractivity contribution in [2.45, 2.75) is 12.5 Å². The molecule has 0 aliphatic carbocycles. The number of aliphatic hydroxyl groups excluding tert-OH is 1. The van der Waals surface area contributed by atoms with Crippen molar-refractivity contribution in [2.24, 2.45) is 0 Å². The highest BCUT2D eigenvalue weighted by molar-refractivity contribution is 6.31. The molecule has 0 aliphatic heterocycles. The van der Waals surface area contributed by atoms with Gasteiger partial charge in [0, 0.05) is 11.4 Å². The van der Waals surface area contributed by atoms with Gasteiger partial charge in [-0.15, -0.1) is 0 Å². The molecular weight excluding hydrogens is 248 g/mol. The van der Waals surface area contributed by atoms with Crippen molar-refractivity contribution in [1.29, 1.82) is 0 Å². The Morgan fingerprint density at radius 2 is 1.78 bits per heavy atom. The number of hydrogen-bond donors (Lipinski definition) is 1. The summed E-state index contributed by atoms with van der Waals surface area (Å²) in [6.45, 7) is 0. The lowest BCUT2D eigenvalue weighted by atomic mass is 10.0. The lowest BCUT2D eigenvalue weighted by molar-refractivity contribution is 0.178. The van der Waals surface area contributed by atoms with Gasteiger partial charge in [0.15, 0.2) is 0 Å². The van der Waals surface area contributed by atoms with Crippen molar-refractivity contribution in [3.05, 3.63) is 64.7 Å². The van der Waals surface area contributed by atoms with E-state index in [1.165, 1.54) is 0 Å². The molecule has 2 nitrogen and oxygen atoms in total.